The molecule has 1 atom stereocenters. The molecule has 3 heterocycles. The Morgan fingerprint density at radius 2 is 1.59 bits per heavy atom. The van der Waals surface area contributed by atoms with Crippen LogP contribution < -0.4 is 5.32 Å². The molecule has 0 aliphatic carbocycles. The molecule has 0 bridgehead atoms. The number of alkyl halides is 6. The molecule has 4 rings (SSSR count). The van der Waals surface area contributed by atoms with Crippen LogP contribution in [-0.2, 0) is 12.4 Å². The number of carbonyl (C=O) groups excluding carboxylic acids is 1. The third-order valence-corrected chi connectivity index (χ3v) is 5.64. The Labute approximate surface area is 212 Å². The van der Waals surface area contributed by atoms with E-state index in [1.54, 1.807) is 18.3 Å². The smallest absolute Gasteiger partial charge is 0.344 e. The summed E-state index contributed by atoms with van der Waals surface area (Å²) in [5.74, 6) is -1.06. The summed E-state index contributed by atoms with van der Waals surface area (Å²) >= 11 is 3.30. The van der Waals surface area contributed by atoms with E-state index in [-0.39, 0.29) is 23.3 Å². The molecule has 1 amide bonds. The fourth-order valence-corrected chi connectivity index (χ4v) is 3.74. The van der Waals surface area contributed by atoms with Crippen LogP contribution in [0.25, 0.3) is 17.2 Å². The van der Waals surface area contributed by atoms with Gasteiger partial charge in [0.1, 0.15) is 16.6 Å². The van der Waals surface area contributed by atoms with Crippen molar-refractivity contribution in [1.82, 2.24) is 35.0 Å². The second-order valence-electron chi connectivity index (χ2n) is 7.61. The number of nitrogens with zero attached hydrogens (tertiary/aromatic N) is 6. The Bertz CT molecular complexity index is 1420. The lowest BCUT2D eigenvalue weighted by Gasteiger charge is -2.17. The molecule has 0 aliphatic rings. The molecule has 0 aliphatic heterocycles. The summed E-state index contributed by atoms with van der Waals surface area (Å²) in [7, 11) is 0. The van der Waals surface area contributed by atoms with Gasteiger partial charge in [-0.25, -0.2) is 19.6 Å². The minimum absolute atomic E-state index is 0.0520. The molecule has 4 aromatic rings. The lowest BCUT2D eigenvalue weighted by atomic mass is 10.0. The molecule has 37 heavy (non-hydrogen) atoms. The van der Waals surface area contributed by atoms with Gasteiger partial charge in [-0.15, -0.1) is 5.10 Å². The molecular formula is C22H14BrF6N7O. The average Bonchev–Trinajstić information content (AvgIpc) is 3.33. The average molecular weight is 586 g/mol. The molecule has 192 valence electrons. The highest BCUT2D eigenvalue weighted by atomic mass is 79.9. The second kappa shape index (κ2) is 9.88. The van der Waals surface area contributed by atoms with E-state index >= 15 is 0 Å². The van der Waals surface area contributed by atoms with Gasteiger partial charge in [0, 0.05) is 24.2 Å². The zero-order valence-corrected chi connectivity index (χ0v) is 20.1. The normalized spacial score (nSPS) is 12.9. The van der Waals surface area contributed by atoms with Gasteiger partial charge in [-0.3, -0.25) is 9.78 Å². The summed E-state index contributed by atoms with van der Waals surface area (Å²) < 4.78 is 81.0. The molecule has 8 nitrogen and oxygen atoms in total. The predicted molar refractivity (Wildman–Crippen MR) is 120 cm³/mol. The van der Waals surface area contributed by atoms with Crippen LogP contribution >= 0.6 is 15.9 Å². The highest BCUT2D eigenvalue weighted by molar-refractivity contribution is 9.10. The highest BCUT2D eigenvalue weighted by Gasteiger charge is 2.37. The third kappa shape index (κ3) is 5.76. The van der Waals surface area contributed by atoms with E-state index in [9.17, 15) is 31.1 Å². The topological polar surface area (TPSA) is 98.5 Å². The highest BCUT2D eigenvalue weighted by Crippen LogP contribution is 2.36. The predicted octanol–water partition coefficient (Wildman–Crippen LogP) is 5.41. The van der Waals surface area contributed by atoms with Crippen LogP contribution in [0.15, 0.2) is 59.9 Å². The summed E-state index contributed by atoms with van der Waals surface area (Å²) in [6.07, 6.45) is -4.57. The van der Waals surface area contributed by atoms with Crippen molar-refractivity contribution in [3.63, 3.8) is 0 Å². The van der Waals surface area contributed by atoms with E-state index in [1.807, 2.05) is 0 Å². The lowest BCUT2D eigenvalue weighted by Crippen LogP contribution is -2.28. The molecule has 0 fully saturated rings. The molecule has 1 unspecified atom stereocenters. The summed E-state index contributed by atoms with van der Waals surface area (Å²) in [6, 6.07) is 3.07. The summed E-state index contributed by atoms with van der Waals surface area (Å²) in [5, 5.41) is 6.71. The second-order valence-corrected chi connectivity index (χ2v) is 8.36. The number of carbonyl (C=O) groups is 1. The van der Waals surface area contributed by atoms with E-state index in [2.05, 4.69) is 46.3 Å². The van der Waals surface area contributed by atoms with E-state index in [0.29, 0.717) is 22.4 Å². The number of pyridine rings is 1. The van der Waals surface area contributed by atoms with Crippen LogP contribution in [0.4, 0.5) is 26.3 Å². The van der Waals surface area contributed by atoms with Crippen molar-refractivity contribution in [3.05, 3.63) is 82.2 Å². The van der Waals surface area contributed by atoms with Crippen LogP contribution in [0.3, 0.4) is 0 Å². The first-order valence-corrected chi connectivity index (χ1v) is 11.1. The SMILES string of the molecule is CC(NC(=O)c1cc(C(F)(F)F)cc(C(F)(F)F)c1)c1nccnc1-c1ncn(-c2cccnc2Br)n1. The Morgan fingerprint density at radius 3 is 2.22 bits per heavy atom. The largest absolute Gasteiger partial charge is 0.416 e. The maximum Gasteiger partial charge on any atom is 0.416 e. The number of aromatic nitrogens is 6. The number of halogens is 7. The van der Waals surface area contributed by atoms with Crippen molar-refractivity contribution in [2.24, 2.45) is 0 Å². The molecular weight excluding hydrogens is 572 g/mol. The number of hydrogen-bond acceptors (Lipinski definition) is 6. The lowest BCUT2D eigenvalue weighted by molar-refractivity contribution is -0.143. The number of hydrogen-bond donors (Lipinski definition) is 1. The molecule has 15 heteroatoms. The molecule has 1 N–H and O–H groups in total. The van der Waals surface area contributed by atoms with Crippen molar-refractivity contribution < 1.29 is 31.1 Å². The molecule has 3 aromatic heterocycles. The van der Waals surface area contributed by atoms with Crippen LogP contribution in [0, 0.1) is 0 Å². The van der Waals surface area contributed by atoms with E-state index in [0.717, 1.165) is 0 Å². The van der Waals surface area contributed by atoms with Crippen molar-refractivity contribution in [3.8, 4) is 17.2 Å². The first kappa shape index (κ1) is 26.2. The minimum Gasteiger partial charge on any atom is -0.344 e. The maximum absolute atomic E-state index is 13.2. The van der Waals surface area contributed by atoms with E-state index < -0.39 is 41.0 Å². The van der Waals surface area contributed by atoms with E-state index in [4.69, 9.17) is 0 Å². The quantitative estimate of drug-likeness (QED) is 0.248. The first-order valence-electron chi connectivity index (χ1n) is 10.3. The van der Waals surface area contributed by atoms with Gasteiger partial charge >= 0.3 is 12.4 Å². The third-order valence-electron chi connectivity index (χ3n) is 5.02. The number of amides is 1. The van der Waals surface area contributed by atoms with Crippen LogP contribution in [0.2, 0.25) is 0 Å². The van der Waals surface area contributed by atoms with Gasteiger partial charge in [0.05, 0.1) is 28.6 Å². The number of nitrogens with one attached hydrogen (secondary N) is 1. The summed E-state index contributed by atoms with van der Waals surface area (Å²) in [5.41, 5.74) is -3.16. The zero-order chi connectivity index (χ0) is 27.0. The van der Waals surface area contributed by atoms with Crippen molar-refractivity contribution in [2.75, 3.05) is 0 Å². The number of benzene rings is 1. The Hall–Kier alpha value is -3.88. The van der Waals surface area contributed by atoms with Gasteiger partial charge in [0.25, 0.3) is 5.91 Å². The monoisotopic (exact) mass is 585 g/mol. The minimum atomic E-state index is -5.09. The van der Waals surface area contributed by atoms with Crippen LogP contribution in [0.1, 0.15) is 40.1 Å². The zero-order valence-electron chi connectivity index (χ0n) is 18.5. The Morgan fingerprint density at radius 1 is 0.946 bits per heavy atom. The first-order chi connectivity index (χ1) is 17.3. The van der Waals surface area contributed by atoms with Gasteiger partial charge in [-0.05, 0) is 53.2 Å². The molecule has 0 radical (unpaired) electrons. The van der Waals surface area contributed by atoms with Gasteiger partial charge in [-0.1, -0.05) is 0 Å². The fraction of sp³-hybridized carbons (Fsp3) is 0.182. The van der Waals surface area contributed by atoms with Gasteiger partial charge < -0.3 is 5.32 Å². The van der Waals surface area contributed by atoms with Gasteiger partial charge in [0.15, 0.2) is 0 Å². The standard InChI is InChI=1S/C22H14BrF6N7O/c1-11(34-20(37)12-7-13(21(24,25)26)9-14(8-12)22(27,28)29)16-17(31-6-5-30-16)19-33-10-36(35-19)15-3-2-4-32-18(15)23/h2-11H,1H3,(H,34,37). The molecule has 1 aromatic carbocycles. The molecule has 0 spiro atoms. The molecule has 0 saturated carbocycles. The summed E-state index contributed by atoms with van der Waals surface area (Å²) in [4.78, 5) is 29.4. The van der Waals surface area contributed by atoms with Crippen molar-refractivity contribution in [1.29, 1.82) is 0 Å². The maximum atomic E-state index is 13.2. The van der Waals surface area contributed by atoms with E-state index in [1.165, 1.54) is 30.3 Å². The number of rotatable bonds is 5. The van der Waals surface area contributed by atoms with Crippen LogP contribution in [-0.4, -0.2) is 35.6 Å². The Kier molecular flexibility index (Phi) is 6.99. The van der Waals surface area contributed by atoms with Crippen molar-refractivity contribution in [2.45, 2.75) is 25.3 Å². The van der Waals surface area contributed by atoms with Gasteiger partial charge in [0.2, 0.25) is 5.82 Å². The Balaban J connectivity index is 1.64. The van der Waals surface area contributed by atoms with Crippen LogP contribution in [0.5, 0.6) is 0 Å². The van der Waals surface area contributed by atoms with Gasteiger partial charge in [-0.2, -0.15) is 26.3 Å². The summed E-state index contributed by atoms with van der Waals surface area (Å²) in [6.45, 7) is 1.44. The molecule has 0 saturated heterocycles. The fourth-order valence-electron chi connectivity index (χ4n) is 3.31. The van der Waals surface area contributed by atoms with Crippen molar-refractivity contribution >= 4 is 21.8 Å².